The molecule has 4 atom stereocenters. The maximum absolute atomic E-state index is 12.0. The molecule has 0 heterocycles. The van der Waals surface area contributed by atoms with E-state index in [1.54, 1.807) is 0 Å². The second kappa shape index (κ2) is 7.27. The van der Waals surface area contributed by atoms with Crippen LogP contribution in [0.1, 0.15) is 46.0 Å². The molecule has 1 aliphatic rings. The van der Waals surface area contributed by atoms with E-state index in [9.17, 15) is 4.79 Å². The van der Waals surface area contributed by atoms with Gasteiger partial charge in [0, 0.05) is 11.3 Å². The maximum atomic E-state index is 12.0. The van der Waals surface area contributed by atoms with Crippen molar-refractivity contribution < 1.29 is 4.79 Å². The van der Waals surface area contributed by atoms with Crippen LogP contribution in [0.5, 0.6) is 0 Å². The van der Waals surface area contributed by atoms with Gasteiger partial charge in [-0.05, 0) is 25.0 Å². The molecule has 1 fully saturated rings. The van der Waals surface area contributed by atoms with Crippen molar-refractivity contribution in [3.63, 3.8) is 0 Å². The average Bonchev–Trinajstić information content (AvgIpc) is 2.37. The molecule has 1 rings (SSSR count). The molecule has 0 aromatic heterocycles. The van der Waals surface area contributed by atoms with E-state index in [1.165, 1.54) is 19.3 Å². The van der Waals surface area contributed by atoms with Crippen LogP contribution in [0, 0.1) is 5.92 Å². The summed E-state index contributed by atoms with van der Waals surface area (Å²) in [5.41, 5.74) is 5.96. The Labute approximate surface area is 109 Å². The first-order valence-electron chi connectivity index (χ1n) is 6.68. The van der Waals surface area contributed by atoms with Gasteiger partial charge in [0.25, 0.3) is 0 Å². The Morgan fingerprint density at radius 2 is 2.12 bits per heavy atom. The lowest BCUT2D eigenvalue weighted by molar-refractivity contribution is -0.124. The molecule has 0 aromatic rings. The number of amides is 1. The summed E-state index contributed by atoms with van der Waals surface area (Å²) in [6, 6.07) is -0.0363. The Morgan fingerprint density at radius 3 is 2.71 bits per heavy atom. The molecule has 4 heteroatoms. The van der Waals surface area contributed by atoms with Crippen molar-refractivity contribution in [1.29, 1.82) is 0 Å². The first kappa shape index (κ1) is 14.8. The molecule has 0 aromatic carbocycles. The summed E-state index contributed by atoms with van der Waals surface area (Å²) >= 11 is 1.87. The fourth-order valence-electron chi connectivity index (χ4n) is 2.34. The molecular weight excluding hydrogens is 232 g/mol. The van der Waals surface area contributed by atoms with Crippen molar-refractivity contribution >= 4 is 17.7 Å². The quantitative estimate of drug-likeness (QED) is 0.794. The van der Waals surface area contributed by atoms with Crippen LogP contribution in [0.4, 0.5) is 0 Å². The Morgan fingerprint density at radius 1 is 1.47 bits per heavy atom. The van der Waals surface area contributed by atoms with Crippen LogP contribution in [-0.2, 0) is 4.79 Å². The molecule has 0 spiro atoms. The van der Waals surface area contributed by atoms with Crippen LogP contribution in [0.25, 0.3) is 0 Å². The van der Waals surface area contributed by atoms with Crippen LogP contribution in [-0.4, -0.2) is 29.5 Å². The molecule has 0 saturated heterocycles. The first-order chi connectivity index (χ1) is 8.10. The number of nitrogens with one attached hydrogen (secondary N) is 1. The molecule has 100 valence electrons. The molecule has 3 nitrogen and oxygen atoms in total. The van der Waals surface area contributed by atoms with Gasteiger partial charge in [-0.25, -0.2) is 0 Å². The summed E-state index contributed by atoms with van der Waals surface area (Å²) in [4.78, 5) is 12.0. The maximum Gasteiger partial charge on any atom is 0.237 e. The van der Waals surface area contributed by atoms with Crippen molar-refractivity contribution in [2.24, 2.45) is 11.7 Å². The number of nitrogens with two attached hydrogens (primary N) is 1. The van der Waals surface area contributed by atoms with Gasteiger partial charge in [0.1, 0.15) is 0 Å². The lowest BCUT2D eigenvalue weighted by Gasteiger charge is -2.32. The van der Waals surface area contributed by atoms with E-state index in [4.69, 9.17) is 5.73 Å². The third-order valence-corrected chi connectivity index (χ3v) is 5.06. The van der Waals surface area contributed by atoms with E-state index in [2.05, 4.69) is 18.5 Å². The number of rotatable bonds is 5. The molecular formula is C13H26N2OS. The highest BCUT2D eigenvalue weighted by molar-refractivity contribution is 7.99. The molecule has 0 radical (unpaired) electrons. The number of hydrogen-bond donors (Lipinski definition) is 2. The highest BCUT2D eigenvalue weighted by atomic mass is 32.2. The molecule has 0 bridgehead atoms. The van der Waals surface area contributed by atoms with Gasteiger partial charge in [0.15, 0.2) is 0 Å². The topological polar surface area (TPSA) is 55.1 Å². The fraction of sp³-hybridized carbons (Fsp3) is 0.923. The van der Waals surface area contributed by atoms with E-state index in [1.807, 2.05) is 18.7 Å². The Kier molecular flexibility index (Phi) is 6.34. The smallest absolute Gasteiger partial charge is 0.237 e. The predicted molar refractivity (Wildman–Crippen MR) is 75.1 cm³/mol. The summed E-state index contributed by atoms with van der Waals surface area (Å²) in [6.45, 7) is 4.11. The van der Waals surface area contributed by atoms with Gasteiger partial charge < -0.3 is 11.1 Å². The van der Waals surface area contributed by atoms with Crippen LogP contribution in [0.15, 0.2) is 0 Å². The lowest BCUT2D eigenvalue weighted by Crippen LogP contribution is -2.51. The van der Waals surface area contributed by atoms with E-state index < -0.39 is 0 Å². The Bertz CT molecular complexity index is 248. The predicted octanol–water partition coefficient (Wildman–Crippen LogP) is 2.15. The van der Waals surface area contributed by atoms with Crippen LogP contribution < -0.4 is 11.1 Å². The van der Waals surface area contributed by atoms with Crippen molar-refractivity contribution in [3.8, 4) is 0 Å². The molecule has 1 aliphatic carbocycles. The Hall–Kier alpha value is -0.220. The van der Waals surface area contributed by atoms with E-state index >= 15 is 0 Å². The number of thioether (sulfide) groups is 1. The van der Waals surface area contributed by atoms with Crippen molar-refractivity contribution in [3.05, 3.63) is 0 Å². The average molecular weight is 258 g/mol. The van der Waals surface area contributed by atoms with Crippen molar-refractivity contribution in [2.75, 3.05) is 6.26 Å². The third-order valence-electron chi connectivity index (χ3n) is 3.89. The van der Waals surface area contributed by atoms with E-state index in [-0.39, 0.29) is 17.9 Å². The van der Waals surface area contributed by atoms with Gasteiger partial charge in [-0.15, -0.1) is 0 Å². The van der Waals surface area contributed by atoms with Crippen molar-refractivity contribution in [2.45, 2.75) is 63.3 Å². The van der Waals surface area contributed by atoms with E-state index in [0.717, 1.165) is 12.8 Å². The second-order valence-corrected chi connectivity index (χ2v) is 6.16. The highest BCUT2D eigenvalue weighted by Crippen LogP contribution is 2.27. The summed E-state index contributed by atoms with van der Waals surface area (Å²) in [7, 11) is 0. The first-order valence-corrected chi connectivity index (χ1v) is 7.97. The van der Waals surface area contributed by atoms with Gasteiger partial charge in [0.05, 0.1) is 6.04 Å². The van der Waals surface area contributed by atoms with Gasteiger partial charge >= 0.3 is 0 Å². The normalized spacial score (nSPS) is 28.5. The summed E-state index contributed by atoms with van der Waals surface area (Å²) in [6.07, 6.45) is 7.90. The standard InChI is InChI=1S/C13H26N2OS/c1-4-9(2)12(14)13(16)15-10-7-5-6-8-11(10)17-3/h9-12H,4-8,14H2,1-3H3,(H,15,16). The molecule has 4 unspecified atom stereocenters. The molecule has 3 N–H and O–H groups in total. The van der Waals surface area contributed by atoms with Gasteiger partial charge in [-0.1, -0.05) is 33.1 Å². The van der Waals surface area contributed by atoms with E-state index in [0.29, 0.717) is 11.3 Å². The summed E-state index contributed by atoms with van der Waals surface area (Å²) in [5.74, 6) is 0.289. The summed E-state index contributed by atoms with van der Waals surface area (Å²) in [5, 5.41) is 3.72. The zero-order chi connectivity index (χ0) is 12.8. The molecule has 0 aliphatic heterocycles. The largest absolute Gasteiger partial charge is 0.351 e. The molecule has 1 saturated carbocycles. The van der Waals surface area contributed by atoms with Crippen LogP contribution in [0.3, 0.4) is 0 Å². The molecule has 1 amide bonds. The zero-order valence-electron chi connectivity index (χ0n) is 11.2. The fourth-order valence-corrected chi connectivity index (χ4v) is 3.27. The molecule has 17 heavy (non-hydrogen) atoms. The number of hydrogen-bond acceptors (Lipinski definition) is 3. The minimum Gasteiger partial charge on any atom is -0.351 e. The van der Waals surface area contributed by atoms with Gasteiger partial charge in [0.2, 0.25) is 5.91 Å². The van der Waals surface area contributed by atoms with Gasteiger partial charge in [-0.2, -0.15) is 11.8 Å². The Balaban J connectivity index is 2.48. The second-order valence-electron chi connectivity index (χ2n) is 5.09. The lowest BCUT2D eigenvalue weighted by atomic mass is 9.93. The number of carbonyl (C=O) groups is 1. The highest BCUT2D eigenvalue weighted by Gasteiger charge is 2.28. The summed E-state index contributed by atoms with van der Waals surface area (Å²) < 4.78 is 0. The monoisotopic (exact) mass is 258 g/mol. The zero-order valence-corrected chi connectivity index (χ0v) is 12.1. The minimum atomic E-state index is -0.357. The minimum absolute atomic E-state index is 0.0327. The van der Waals surface area contributed by atoms with Crippen LogP contribution >= 0.6 is 11.8 Å². The van der Waals surface area contributed by atoms with Crippen molar-refractivity contribution in [1.82, 2.24) is 5.32 Å². The van der Waals surface area contributed by atoms with Gasteiger partial charge in [-0.3, -0.25) is 4.79 Å². The van der Waals surface area contributed by atoms with Crippen LogP contribution in [0.2, 0.25) is 0 Å². The SMILES string of the molecule is CCC(C)C(N)C(=O)NC1CCCCC1SC. The number of carbonyl (C=O) groups excluding carboxylic acids is 1. The third kappa shape index (κ3) is 4.18.